The number of rotatable bonds is 3. The Balaban J connectivity index is 2.31. The van der Waals surface area contributed by atoms with E-state index in [1.807, 2.05) is 0 Å². The Bertz CT molecular complexity index is 524. The van der Waals surface area contributed by atoms with E-state index in [2.05, 4.69) is 9.36 Å². The van der Waals surface area contributed by atoms with Crippen LogP contribution in [-0.4, -0.2) is 20.4 Å². The molecule has 0 amide bonds. The maximum Gasteiger partial charge on any atom is 0.339 e. The second-order valence-electron chi connectivity index (χ2n) is 3.01. The van der Waals surface area contributed by atoms with Crippen molar-refractivity contribution >= 4 is 17.5 Å². The van der Waals surface area contributed by atoms with Crippen LogP contribution in [0, 0.1) is 6.92 Å². The molecule has 1 aromatic carbocycles. The van der Waals surface area contributed by atoms with Crippen LogP contribution in [0.15, 0.2) is 24.3 Å². The first-order valence-corrected chi connectivity index (χ1v) is 5.24. The van der Waals surface area contributed by atoms with Gasteiger partial charge in [-0.2, -0.15) is 9.36 Å². The molecular weight excluding hydrogens is 228 g/mol. The molecular formula is C10H8N2O3S. The highest BCUT2D eigenvalue weighted by Crippen LogP contribution is 2.26. The highest BCUT2D eigenvalue weighted by Gasteiger charge is 2.12. The maximum atomic E-state index is 10.9. The van der Waals surface area contributed by atoms with Gasteiger partial charge in [0.25, 0.3) is 5.19 Å². The van der Waals surface area contributed by atoms with Crippen molar-refractivity contribution in [3.05, 3.63) is 35.7 Å². The quantitative estimate of drug-likeness (QED) is 0.885. The Labute approximate surface area is 95.5 Å². The minimum absolute atomic E-state index is 0.107. The van der Waals surface area contributed by atoms with Crippen molar-refractivity contribution in [3.63, 3.8) is 0 Å². The van der Waals surface area contributed by atoms with Crippen molar-refractivity contribution in [1.29, 1.82) is 0 Å². The molecule has 0 radical (unpaired) electrons. The summed E-state index contributed by atoms with van der Waals surface area (Å²) in [6, 6.07) is 6.41. The molecule has 2 aromatic rings. The third-order valence-corrected chi connectivity index (χ3v) is 2.51. The number of aryl methyl sites for hydroxylation is 1. The highest BCUT2D eigenvalue weighted by atomic mass is 32.1. The summed E-state index contributed by atoms with van der Waals surface area (Å²) in [5.41, 5.74) is 0.107. The van der Waals surface area contributed by atoms with Crippen molar-refractivity contribution in [2.45, 2.75) is 6.92 Å². The van der Waals surface area contributed by atoms with E-state index < -0.39 is 5.97 Å². The molecule has 0 saturated carbocycles. The number of carboxylic acids is 1. The molecule has 1 N–H and O–H groups in total. The van der Waals surface area contributed by atoms with Crippen molar-refractivity contribution in [1.82, 2.24) is 9.36 Å². The largest absolute Gasteiger partial charge is 0.478 e. The number of para-hydroxylation sites is 1. The molecule has 82 valence electrons. The van der Waals surface area contributed by atoms with Gasteiger partial charge in [0.2, 0.25) is 0 Å². The summed E-state index contributed by atoms with van der Waals surface area (Å²) in [6.45, 7) is 1.74. The summed E-state index contributed by atoms with van der Waals surface area (Å²) < 4.78 is 9.30. The van der Waals surface area contributed by atoms with Crippen LogP contribution in [0.25, 0.3) is 0 Å². The van der Waals surface area contributed by atoms with Crippen molar-refractivity contribution in [3.8, 4) is 10.9 Å². The Morgan fingerprint density at radius 2 is 2.19 bits per heavy atom. The molecule has 0 fully saturated rings. The van der Waals surface area contributed by atoms with Gasteiger partial charge in [-0.1, -0.05) is 12.1 Å². The summed E-state index contributed by atoms with van der Waals surface area (Å²) in [5.74, 6) is -0.157. The third-order valence-electron chi connectivity index (χ3n) is 1.82. The summed E-state index contributed by atoms with van der Waals surface area (Å²) in [6.07, 6.45) is 0. The summed E-state index contributed by atoms with van der Waals surface area (Å²) >= 11 is 1.09. The van der Waals surface area contributed by atoms with Crippen LogP contribution in [0.4, 0.5) is 0 Å². The minimum atomic E-state index is -1.03. The molecule has 0 spiro atoms. The van der Waals surface area contributed by atoms with Crippen LogP contribution in [0.5, 0.6) is 10.9 Å². The number of aromatic carboxylic acids is 1. The molecule has 0 aliphatic carbocycles. The van der Waals surface area contributed by atoms with Gasteiger partial charge in [0.05, 0.1) is 0 Å². The zero-order chi connectivity index (χ0) is 11.5. The van der Waals surface area contributed by atoms with Gasteiger partial charge >= 0.3 is 5.97 Å². The first kappa shape index (κ1) is 10.6. The first-order chi connectivity index (χ1) is 7.66. The number of hydrogen-bond donors (Lipinski definition) is 1. The molecule has 1 heterocycles. The van der Waals surface area contributed by atoms with Gasteiger partial charge in [0, 0.05) is 11.5 Å². The third kappa shape index (κ3) is 2.17. The maximum absolute atomic E-state index is 10.9. The van der Waals surface area contributed by atoms with E-state index in [9.17, 15) is 4.79 Å². The van der Waals surface area contributed by atoms with Gasteiger partial charge in [0.1, 0.15) is 17.1 Å². The van der Waals surface area contributed by atoms with Crippen LogP contribution in [0.3, 0.4) is 0 Å². The fourth-order valence-corrected chi connectivity index (χ4v) is 1.70. The lowest BCUT2D eigenvalue weighted by atomic mass is 10.2. The highest BCUT2D eigenvalue weighted by molar-refractivity contribution is 7.07. The lowest BCUT2D eigenvalue weighted by Gasteiger charge is -2.04. The number of hydrogen-bond acceptors (Lipinski definition) is 5. The van der Waals surface area contributed by atoms with Crippen LogP contribution >= 0.6 is 11.5 Å². The van der Waals surface area contributed by atoms with E-state index in [0.29, 0.717) is 11.0 Å². The monoisotopic (exact) mass is 236 g/mol. The van der Waals surface area contributed by atoms with Crippen LogP contribution in [0.2, 0.25) is 0 Å². The molecule has 0 aliphatic rings. The Kier molecular flexibility index (Phi) is 2.82. The molecule has 0 aliphatic heterocycles. The van der Waals surface area contributed by atoms with Gasteiger partial charge in [-0.15, -0.1) is 0 Å². The molecule has 0 saturated heterocycles. The molecule has 1 aromatic heterocycles. The topological polar surface area (TPSA) is 72.3 Å². The van der Waals surface area contributed by atoms with E-state index in [1.54, 1.807) is 25.1 Å². The van der Waals surface area contributed by atoms with E-state index >= 15 is 0 Å². The number of nitrogens with zero attached hydrogens (tertiary/aromatic N) is 2. The normalized spacial score (nSPS) is 10.1. The van der Waals surface area contributed by atoms with E-state index in [4.69, 9.17) is 9.84 Å². The Morgan fingerprint density at radius 1 is 1.44 bits per heavy atom. The number of carboxylic acid groups (broad SMARTS) is 1. The molecule has 6 heteroatoms. The fourth-order valence-electron chi connectivity index (χ4n) is 1.15. The van der Waals surface area contributed by atoms with Gasteiger partial charge in [-0.05, 0) is 19.1 Å². The first-order valence-electron chi connectivity index (χ1n) is 4.47. The molecule has 0 unspecified atom stereocenters. The number of aromatic nitrogens is 2. The van der Waals surface area contributed by atoms with E-state index in [1.165, 1.54) is 6.07 Å². The number of ether oxygens (including phenoxy) is 1. The predicted octanol–water partition coefficient (Wildman–Crippen LogP) is 2.34. The second kappa shape index (κ2) is 4.28. The SMILES string of the molecule is Cc1nsc(Oc2ccccc2C(=O)O)n1. The van der Waals surface area contributed by atoms with Crippen molar-refractivity contribution in [2.75, 3.05) is 0 Å². The molecule has 0 bridgehead atoms. The van der Waals surface area contributed by atoms with E-state index in [0.717, 1.165) is 11.5 Å². The molecule has 5 nitrogen and oxygen atoms in total. The zero-order valence-electron chi connectivity index (χ0n) is 8.38. The fraction of sp³-hybridized carbons (Fsp3) is 0.100. The molecule has 0 atom stereocenters. The average molecular weight is 236 g/mol. The summed E-state index contributed by atoms with van der Waals surface area (Å²) in [4.78, 5) is 14.9. The van der Waals surface area contributed by atoms with Crippen LogP contribution in [0.1, 0.15) is 16.2 Å². The number of benzene rings is 1. The number of carbonyl (C=O) groups is 1. The van der Waals surface area contributed by atoms with Gasteiger partial charge in [-0.25, -0.2) is 4.79 Å². The lowest BCUT2D eigenvalue weighted by Crippen LogP contribution is -1.99. The Hall–Kier alpha value is -1.95. The minimum Gasteiger partial charge on any atom is -0.478 e. The Morgan fingerprint density at radius 3 is 2.81 bits per heavy atom. The predicted molar refractivity (Wildman–Crippen MR) is 58.1 cm³/mol. The average Bonchev–Trinajstić information content (AvgIpc) is 2.64. The van der Waals surface area contributed by atoms with Gasteiger partial charge < -0.3 is 9.84 Å². The smallest absolute Gasteiger partial charge is 0.339 e. The van der Waals surface area contributed by atoms with Gasteiger partial charge in [-0.3, -0.25) is 0 Å². The van der Waals surface area contributed by atoms with Crippen LogP contribution in [-0.2, 0) is 0 Å². The van der Waals surface area contributed by atoms with Gasteiger partial charge in [0.15, 0.2) is 0 Å². The van der Waals surface area contributed by atoms with Crippen molar-refractivity contribution < 1.29 is 14.6 Å². The molecule has 2 rings (SSSR count). The lowest BCUT2D eigenvalue weighted by molar-refractivity contribution is 0.0694. The van der Waals surface area contributed by atoms with Crippen molar-refractivity contribution in [2.24, 2.45) is 0 Å². The zero-order valence-corrected chi connectivity index (χ0v) is 9.19. The standard InChI is InChI=1S/C10H8N2O3S/c1-6-11-10(16-12-6)15-8-5-3-2-4-7(8)9(13)14/h2-5H,1H3,(H,13,14). The second-order valence-corrected chi connectivity index (χ2v) is 3.73. The molecule has 16 heavy (non-hydrogen) atoms. The summed E-state index contributed by atoms with van der Waals surface area (Å²) in [5, 5.41) is 9.28. The van der Waals surface area contributed by atoms with E-state index in [-0.39, 0.29) is 11.3 Å². The summed E-state index contributed by atoms with van der Waals surface area (Å²) in [7, 11) is 0. The van der Waals surface area contributed by atoms with Crippen LogP contribution < -0.4 is 4.74 Å².